The van der Waals surface area contributed by atoms with Gasteiger partial charge in [-0.1, -0.05) is 12.2 Å². The number of hydrogen-bond donors (Lipinski definition) is 2. The second-order valence-electron chi connectivity index (χ2n) is 1.38. The van der Waals surface area contributed by atoms with Gasteiger partial charge in [-0.2, -0.15) is 5.26 Å². The SMILES string of the molecule is C/C(O)=C(/C#N)C(=S)S. The Bertz CT molecular complexity index is 197. The van der Waals surface area contributed by atoms with E-state index in [0.29, 0.717) is 0 Å². The number of nitriles is 1. The Morgan fingerprint density at radius 3 is 2.22 bits per heavy atom. The normalized spacial score (nSPS) is 11.7. The standard InChI is InChI=1S/C5H5NOS2/c1-3(7)4(2-6)5(8)9/h7H,1H3,(H,8,9)/b4-3+. The van der Waals surface area contributed by atoms with Crippen LogP contribution in [0.15, 0.2) is 11.3 Å². The van der Waals surface area contributed by atoms with Gasteiger partial charge in [-0.25, -0.2) is 0 Å². The van der Waals surface area contributed by atoms with Crippen molar-refractivity contribution in [3.05, 3.63) is 11.3 Å². The number of aliphatic hydroxyl groups excluding tert-OH is 1. The molecule has 0 unspecified atom stereocenters. The molecule has 0 saturated carbocycles. The van der Waals surface area contributed by atoms with E-state index in [4.69, 9.17) is 10.4 Å². The molecule has 0 aromatic rings. The average molecular weight is 159 g/mol. The maximum Gasteiger partial charge on any atom is 0.113 e. The van der Waals surface area contributed by atoms with E-state index in [0.717, 1.165) is 0 Å². The number of rotatable bonds is 1. The van der Waals surface area contributed by atoms with Crippen LogP contribution in [0.5, 0.6) is 0 Å². The molecule has 1 N–H and O–H groups in total. The molecule has 48 valence electrons. The lowest BCUT2D eigenvalue weighted by Crippen LogP contribution is -1.90. The maximum absolute atomic E-state index is 8.70. The number of allylic oxidation sites excluding steroid dienone is 1. The van der Waals surface area contributed by atoms with Gasteiger partial charge in [0.05, 0.1) is 4.20 Å². The fourth-order valence-electron chi connectivity index (χ4n) is 0.283. The number of hydrogen-bond acceptors (Lipinski definition) is 3. The van der Waals surface area contributed by atoms with Crippen molar-refractivity contribution in [2.24, 2.45) is 0 Å². The average Bonchev–Trinajstić information content (AvgIpc) is 1.64. The fraction of sp³-hybridized carbons (Fsp3) is 0.200. The molecule has 0 aromatic heterocycles. The second-order valence-corrected chi connectivity index (χ2v) is 2.54. The monoisotopic (exact) mass is 159 g/mol. The van der Waals surface area contributed by atoms with Crippen molar-refractivity contribution < 1.29 is 5.11 Å². The Kier molecular flexibility index (Phi) is 3.28. The molecule has 0 amide bonds. The topological polar surface area (TPSA) is 44.0 Å². The summed E-state index contributed by atoms with van der Waals surface area (Å²) in [6.07, 6.45) is 0. The third-order valence-electron chi connectivity index (χ3n) is 0.687. The van der Waals surface area contributed by atoms with E-state index in [9.17, 15) is 0 Å². The van der Waals surface area contributed by atoms with Crippen LogP contribution in [0.3, 0.4) is 0 Å². The molecule has 2 nitrogen and oxygen atoms in total. The van der Waals surface area contributed by atoms with Crippen molar-refractivity contribution in [2.75, 3.05) is 0 Å². The number of aliphatic hydroxyl groups is 1. The van der Waals surface area contributed by atoms with E-state index < -0.39 is 0 Å². The van der Waals surface area contributed by atoms with Crippen molar-refractivity contribution in [3.8, 4) is 6.07 Å². The largest absolute Gasteiger partial charge is 0.511 e. The minimum Gasteiger partial charge on any atom is -0.511 e. The summed E-state index contributed by atoms with van der Waals surface area (Å²) in [4.78, 5) is 0. The van der Waals surface area contributed by atoms with Crippen molar-refractivity contribution in [3.63, 3.8) is 0 Å². The summed E-state index contributed by atoms with van der Waals surface area (Å²) in [5.74, 6) is -0.0856. The number of thiol groups is 1. The van der Waals surface area contributed by atoms with Gasteiger partial charge in [0.15, 0.2) is 0 Å². The zero-order valence-electron chi connectivity index (χ0n) is 4.75. The Hall–Kier alpha value is -0.530. The van der Waals surface area contributed by atoms with Crippen LogP contribution < -0.4 is 0 Å². The summed E-state index contributed by atoms with van der Waals surface area (Å²) >= 11 is 8.22. The molecule has 0 spiro atoms. The molecule has 0 atom stereocenters. The molecule has 0 heterocycles. The molecule has 0 rings (SSSR count). The highest BCUT2D eigenvalue weighted by Crippen LogP contribution is 2.04. The third kappa shape index (κ3) is 2.49. The van der Waals surface area contributed by atoms with Crippen molar-refractivity contribution in [1.82, 2.24) is 0 Å². The summed E-state index contributed by atoms with van der Waals surface area (Å²) in [7, 11) is 0. The molecule has 0 fully saturated rings. The van der Waals surface area contributed by atoms with E-state index in [-0.39, 0.29) is 15.5 Å². The molecule has 0 aliphatic carbocycles. The van der Waals surface area contributed by atoms with Crippen LogP contribution in [0.1, 0.15) is 6.92 Å². The zero-order chi connectivity index (χ0) is 7.44. The summed E-state index contributed by atoms with van der Waals surface area (Å²) in [5, 5.41) is 17.0. The van der Waals surface area contributed by atoms with Crippen LogP contribution in [0.4, 0.5) is 0 Å². The maximum atomic E-state index is 8.70. The molecular formula is C5H5NOS2. The molecule has 9 heavy (non-hydrogen) atoms. The van der Waals surface area contributed by atoms with Crippen LogP contribution in [-0.2, 0) is 0 Å². The minimum atomic E-state index is -0.0856. The summed E-state index contributed by atoms with van der Waals surface area (Å²) < 4.78 is 0.123. The van der Waals surface area contributed by atoms with Gasteiger partial charge in [-0.05, 0) is 6.92 Å². The summed E-state index contributed by atoms with van der Waals surface area (Å²) in [6.45, 7) is 1.39. The van der Waals surface area contributed by atoms with Crippen LogP contribution >= 0.6 is 24.8 Å². The molecule has 0 aromatic carbocycles. The lowest BCUT2D eigenvalue weighted by atomic mass is 10.3. The summed E-state index contributed by atoms with van der Waals surface area (Å²) in [6, 6.07) is 1.71. The molecule has 0 saturated heterocycles. The molecular weight excluding hydrogens is 154 g/mol. The van der Waals surface area contributed by atoms with Gasteiger partial charge >= 0.3 is 0 Å². The minimum absolute atomic E-state index is 0.0633. The van der Waals surface area contributed by atoms with E-state index >= 15 is 0 Å². The van der Waals surface area contributed by atoms with E-state index in [2.05, 4.69) is 24.8 Å². The highest BCUT2D eigenvalue weighted by molar-refractivity contribution is 8.11. The van der Waals surface area contributed by atoms with Crippen LogP contribution in [0.2, 0.25) is 0 Å². The lowest BCUT2D eigenvalue weighted by molar-refractivity contribution is 0.412. The Balaban J connectivity index is 4.62. The Morgan fingerprint density at radius 1 is 1.78 bits per heavy atom. The van der Waals surface area contributed by atoms with Gasteiger partial charge in [0, 0.05) is 0 Å². The highest BCUT2D eigenvalue weighted by atomic mass is 32.1. The molecule has 0 aliphatic heterocycles. The fourth-order valence-corrected chi connectivity index (χ4v) is 0.689. The van der Waals surface area contributed by atoms with E-state index in [1.165, 1.54) is 6.92 Å². The van der Waals surface area contributed by atoms with Gasteiger partial charge in [-0.15, -0.1) is 12.6 Å². The first kappa shape index (κ1) is 8.47. The van der Waals surface area contributed by atoms with Gasteiger partial charge < -0.3 is 5.11 Å². The van der Waals surface area contributed by atoms with Gasteiger partial charge in [0.2, 0.25) is 0 Å². The number of nitrogens with zero attached hydrogens (tertiary/aromatic N) is 1. The molecule has 0 bridgehead atoms. The zero-order valence-corrected chi connectivity index (χ0v) is 6.46. The first-order valence-corrected chi connectivity index (χ1v) is 2.98. The van der Waals surface area contributed by atoms with Gasteiger partial charge in [0.25, 0.3) is 0 Å². The van der Waals surface area contributed by atoms with Gasteiger partial charge in [-0.3, -0.25) is 0 Å². The van der Waals surface area contributed by atoms with Crippen LogP contribution in [-0.4, -0.2) is 9.30 Å². The smallest absolute Gasteiger partial charge is 0.113 e. The second kappa shape index (κ2) is 3.49. The quantitative estimate of drug-likeness (QED) is 0.201. The predicted octanol–water partition coefficient (Wildman–Crippen LogP) is 1.60. The summed E-state index contributed by atoms with van der Waals surface area (Å²) in [5.41, 5.74) is 0.0633. The first-order valence-electron chi connectivity index (χ1n) is 2.12. The van der Waals surface area contributed by atoms with Crippen molar-refractivity contribution >= 4 is 29.0 Å². The third-order valence-corrected chi connectivity index (χ3v) is 1.12. The van der Waals surface area contributed by atoms with Crippen LogP contribution in [0, 0.1) is 11.3 Å². The Morgan fingerprint density at radius 2 is 2.22 bits per heavy atom. The molecule has 0 aliphatic rings. The molecule has 0 radical (unpaired) electrons. The van der Waals surface area contributed by atoms with E-state index in [1.54, 1.807) is 6.07 Å². The molecule has 4 heteroatoms. The van der Waals surface area contributed by atoms with Crippen molar-refractivity contribution in [2.45, 2.75) is 6.92 Å². The van der Waals surface area contributed by atoms with E-state index in [1.807, 2.05) is 0 Å². The highest BCUT2D eigenvalue weighted by Gasteiger charge is 2.01. The van der Waals surface area contributed by atoms with Gasteiger partial charge in [0.1, 0.15) is 17.4 Å². The van der Waals surface area contributed by atoms with Crippen LogP contribution in [0.25, 0.3) is 0 Å². The predicted molar refractivity (Wildman–Crippen MR) is 42.5 cm³/mol. The lowest BCUT2D eigenvalue weighted by Gasteiger charge is -1.92. The number of thiocarbonyl (C=S) groups is 1. The first-order chi connectivity index (χ1) is 4.09. The van der Waals surface area contributed by atoms with Crippen molar-refractivity contribution in [1.29, 1.82) is 5.26 Å². The Labute approximate surface area is 64.2 Å².